The van der Waals surface area contributed by atoms with Gasteiger partial charge in [0.15, 0.2) is 16.6 Å². The standard InChI is InChI=1S/C21H19NO4/c1-13-12-17(23)18-14(2)16-8-10-24-19(16)21(20(18)26-13)25-11-9-22-15-6-4-3-5-7-15/h3-8,10,12,22H,9,11H2,1-2H3. The maximum Gasteiger partial charge on any atom is 0.206 e. The molecule has 0 saturated carbocycles. The number of rotatable bonds is 5. The Labute approximate surface area is 150 Å². The van der Waals surface area contributed by atoms with Gasteiger partial charge in [0.25, 0.3) is 0 Å². The molecule has 1 N–H and O–H groups in total. The van der Waals surface area contributed by atoms with Crippen molar-refractivity contribution in [3.8, 4) is 5.75 Å². The van der Waals surface area contributed by atoms with Gasteiger partial charge in [-0.25, -0.2) is 0 Å². The topological polar surface area (TPSA) is 64.6 Å². The fraction of sp³-hybridized carbons (Fsp3) is 0.190. The van der Waals surface area contributed by atoms with E-state index in [4.69, 9.17) is 13.6 Å². The van der Waals surface area contributed by atoms with E-state index in [9.17, 15) is 4.79 Å². The number of aryl methyl sites for hydroxylation is 2. The lowest BCUT2D eigenvalue weighted by Gasteiger charge is -2.12. The number of anilines is 1. The molecule has 132 valence electrons. The van der Waals surface area contributed by atoms with Gasteiger partial charge in [-0.1, -0.05) is 18.2 Å². The van der Waals surface area contributed by atoms with E-state index in [2.05, 4.69) is 5.32 Å². The van der Waals surface area contributed by atoms with Crippen LogP contribution in [-0.4, -0.2) is 13.2 Å². The number of nitrogens with one attached hydrogen (secondary N) is 1. The fourth-order valence-corrected chi connectivity index (χ4v) is 3.18. The zero-order chi connectivity index (χ0) is 18.1. The number of benzene rings is 2. The van der Waals surface area contributed by atoms with Crippen molar-refractivity contribution in [3.05, 3.63) is 70.3 Å². The molecule has 2 aromatic carbocycles. The zero-order valence-corrected chi connectivity index (χ0v) is 14.7. The summed E-state index contributed by atoms with van der Waals surface area (Å²) in [4.78, 5) is 12.5. The molecule has 0 atom stereocenters. The number of furan rings is 1. The van der Waals surface area contributed by atoms with E-state index in [1.54, 1.807) is 13.2 Å². The summed E-state index contributed by atoms with van der Waals surface area (Å²) < 4.78 is 17.5. The van der Waals surface area contributed by atoms with Gasteiger partial charge in [-0.2, -0.15) is 0 Å². The van der Waals surface area contributed by atoms with Gasteiger partial charge in [0.05, 0.1) is 11.6 Å². The van der Waals surface area contributed by atoms with Gasteiger partial charge in [-0.3, -0.25) is 4.79 Å². The number of hydrogen-bond acceptors (Lipinski definition) is 5. The van der Waals surface area contributed by atoms with Crippen LogP contribution in [0.25, 0.3) is 21.9 Å². The van der Waals surface area contributed by atoms with E-state index < -0.39 is 0 Å². The lowest BCUT2D eigenvalue weighted by atomic mass is 10.0. The van der Waals surface area contributed by atoms with Gasteiger partial charge in [0, 0.05) is 23.7 Å². The summed E-state index contributed by atoms with van der Waals surface area (Å²) in [7, 11) is 0. The number of hydrogen-bond donors (Lipinski definition) is 1. The van der Waals surface area contributed by atoms with E-state index >= 15 is 0 Å². The molecule has 0 aliphatic carbocycles. The smallest absolute Gasteiger partial charge is 0.206 e. The summed E-state index contributed by atoms with van der Waals surface area (Å²) in [5.41, 5.74) is 2.83. The Kier molecular flexibility index (Phi) is 4.13. The monoisotopic (exact) mass is 349 g/mol. The summed E-state index contributed by atoms with van der Waals surface area (Å²) in [6, 6.07) is 13.3. The SMILES string of the molecule is Cc1cc(=O)c2c(C)c3ccoc3c(OCCNc3ccccc3)c2o1. The molecular weight excluding hydrogens is 330 g/mol. The van der Waals surface area contributed by atoms with Crippen LogP contribution in [0.2, 0.25) is 0 Å². The summed E-state index contributed by atoms with van der Waals surface area (Å²) >= 11 is 0. The van der Waals surface area contributed by atoms with Crippen LogP contribution >= 0.6 is 0 Å². The van der Waals surface area contributed by atoms with Crippen LogP contribution in [0.3, 0.4) is 0 Å². The van der Waals surface area contributed by atoms with Crippen LogP contribution in [0.15, 0.2) is 62.4 Å². The van der Waals surface area contributed by atoms with Crippen molar-refractivity contribution in [1.82, 2.24) is 0 Å². The Balaban J connectivity index is 1.69. The highest BCUT2D eigenvalue weighted by Gasteiger charge is 2.19. The Morgan fingerprint density at radius 3 is 2.69 bits per heavy atom. The van der Waals surface area contributed by atoms with Crippen molar-refractivity contribution in [2.24, 2.45) is 0 Å². The first-order valence-electron chi connectivity index (χ1n) is 8.51. The molecule has 0 fully saturated rings. The van der Waals surface area contributed by atoms with Gasteiger partial charge in [-0.05, 0) is 37.6 Å². The van der Waals surface area contributed by atoms with Crippen molar-refractivity contribution in [2.75, 3.05) is 18.5 Å². The van der Waals surface area contributed by atoms with Gasteiger partial charge in [0.1, 0.15) is 12.4 Å². The van der Waals surface area contributed by atoms with E-state index in [1.165, 1.54) is 6.07 Å². The second-order valence-corrected chi connectivity index (χ2v) is 6.18. The number of ether oxygens (including phenoxy) is 1. The third-order valence-corrected chi connectivity index (χ3v) is 4.38. The maximum atomic E-state index is 12.5. The number of fused-ring (bicyclic) bond motifs is 2. The molecule has 0 amide bonds. The quantitative estimate of drug-likeness (QED) is 0.532. The van der Waals surface area contributed by atoms with Crippen LogP contribution in [0, 0.1) is 13.8 Å². The minimum absolute atomic E-state index is 0.0726. The summed E-state index contributed by atoms with van der Waals surface area (Å²) in [5, 5.41) is 4.69. The molecule has 5 heteroatoms. The summed E-state index contributed by atoms with van der Waals surface area (Å²) in [6.45, 7) is 4.66. The predicted octanol–water partition coefficient (Wildman–Crippen LogP) is 4.65. The molecule has 0 radical (unpaired) electrons. The molecule has 26 heavy (non-hydrogen) atoms. The summed E-state index contributed by atoms with van der Waals surface area (Å²) in [5.74, 6) is 1.02. The minimum atomic E-state index is -0.0726. The first-order valence-corrected chi connectivity index (χ1v) is 8.51. The molecule has 2 heterocycles. The highest BCUT2D eigenvalue weighted by atomic mass is 16.5. The predicted molar refractivity (Wildman–Crippen MR) is 102 cm³/mol. The average molecular weight is 349 g/mol. The Morgan fingerprint density at radius 2 is 1.88 bits per heavy atom. The van der Waals surface area contributed by atoms with Crippen LogP contribution in [0.5, 0.6) is 5.75 Å². The third-order valence-electron chi connectivity index (χ3n) is 4.38. The van der Waals surface area contributed by atoms with Crippen molar-refractivity contribution in [2.45, 2.75) is 13.8 Å². The van der Waals surface area contributed by atoms with Crippen molar-refractivity contribution < 1.29 is 13.6 Å². The molecule has 0 aliphatic heterocycles. The van der Waals surface area contributed by atoms with Crippen LogP contribution in [-0.2, 0) is 0 Å². The molecule has 2 aromatic heterocycles. The molecule has 0 aliphatic rings. The Hall–Kier alpha value is -3.21. The van der Waals surface area contributed by atoms with E-state index in [1.807, 2.05) is 43.3 Å². The third kappa shape index (κ3) is 2.81. The van der Waals surface area contributed by atoms with Gasteiger partial charge >= 0.3 is 0 Å². The minimum Gasteiger partial charge on any atom is -0.484 e. The van der Waals surface area contributed by atoms with Gasteiger partial charge < -0.3 is 18.9 Å². The second kappa shape index (κ2) is 6.59. The molecule has 5 nitrogen and oxygen atoms in total. The largest absolute Gasteiger partial charge is 0.484 e. The average Bonchev–Trinajstić information content (AvgIpc) is 3.11. The molecule has 4 aromatic rings. The molecule has 0 spiro atoms. The molecule has 4 rings (SSSR count). The highest BCUT2D eigenvalue weighted by molar-refractivity contribution is 6.03. The fourth-order valence-electron chi connectivity index (χ4n) is 3.18. The van der Waals surface area contributed by atoms with E-state index in [0.29, 0.717) is 41.2 Å². The van der Waals surface area contributed by atoms with Crippen LogP contribution in [0.4, 0.5) is 5.69 Å². The van der Waals surface area contributed by atoms with Crippen molar-refractivity contribution in [3.63, 3.8) is 0 Å². The molecule has 0 saturated heterocycles. The second-order valence-electron chi connectivity index (χ2n) is 6.18. The van der Waals surface area contributed by atoms with Crippen molar-refractivity contribution in [1.29, 1.82) is 0 Å². The highest BCUT2D eigenvalue weighted by Crippen LogP contribution is 2.37. The van der Waals surface area contributed by atoms with Gasteiger partial charge in [-0.15, -0.1) is 0 Å². The normalized spacial score (nSPS) is 11.2. The van der Waals surface area contributed by atoms with E-state index in [-0.39, 0.29) is 5.43 Å². The maximum absolute atomic E-state index is 12.5. The molecule has 0 unspecified atom stereocenters. The Morgan fingerprint density at radius 1 is 1.08 bits per heavy atom. The van der Waals surface area contributed by atoms with Crippen LogP contribution in [0.1, 0.15) is 11.3 Å². The van der Waals surface area contributed by atoms with Crippen molar-refractivity contribution >= 4 is 27.6 Å². The number of para-hydroxylation sites is 1. The summed E-state index contributed by atoms with van der Waals surface area (Å²) in [6.07, 6.45) is 1.60. The lowest BCUT2D eigenvalue weighted by molar-refractivity contribution is 0.329. The van der Waals surface area contributed by atoms with Crippen LogP contribution < -0.4 is 15.5 Å². The molecular formula is C21H19NO4. The first-order chi connectivity index (χ1) is 12.6. The zero-order valence-electron chi connectivity index (χ0n) is 14.7. The Bertz CT molecular complexity index is 1130. The first kappa shape index (κ1) is 16.3. The molecule has 0 bridgehead atoms. The van der Waals surface area contributed by atoms with E-state index in [0.717, 1.165) is 16.6 Å². The lowest BCUT2D eigenvalue weighted by Crippen LogP contribution is -2.12. The van der Waals surface area contributed by atoms with Gasteiger partial charge in [0.2, 0.25) is 5.75 Å².